The maximum absolute atomic E-state index is 13.1. The third-order valence-electron chi connectivity index (χ3n) is 6.22. The number of ether oxygens (including phenoxy) is 1. The lowest BCUT2D eigenvalue weighted by Crippen LogP contribution is -2.34. The number of amides is 1. The van der Waals surface area contributed by atoms with Crippen molar-refractivity contribution in [1.82, 2.24) is 5.32 Å². The summed E-state index contributed by atoms with van der Waals surface area (Å²) in [4.78, 5) is 15.6. The number of nitrogens with one attached hydrogen (secondary N) is 1. The van der Waals surface area contributed by atoms with Crippen LogP contribution in [0.2, 0.25) is 0 Å². The lowest BCUT2D eigenvalue weighted by molar-refractivity contribution is -0.121. The molecule has 1 unspecified atom stereocenters. The van der Waals surface area contributed by atoms with Crippen LogP contribution < -0.4 is 15.0 Å². The Morgan fingerprint density at radius 1 is 1.15 bits per heavy atom. The van der Waals surface area contributed by atoms with Crippen molar-refractivity contribution >= 4 is 11.6 Å². The summed E-state index contributed by atoms with van der Waals surface area (Å²) in [5.74, 6) is 0.799. The van der Waals surface area contributed by atoms with Gasteiger partial charge in [-0.25, -0.2) is 0 Å². The van der Waals surface area contributed by atoms with Gasteiger partial charge in [0.05, 0.1) is 25.1 Å². The Balaban J connectivity index is 1.74. The molecule has 0 spiro atoms. The lowest BCUT2D eigenvalue weighted by Gasteiger charge is -2.32. The molecule has 0 aromatic heterocycles. The molecule has 1 amide bonds. The summed E-state index contributed by atoms with van der Waals surface area (Å²) in [6.07, 6.45) is 7.09. The van der Waals surface area contributed by atoms with Crippen molar-refractivity contribution in [3.63, 3.8) is 0 Å². The molecule has 5 nitrogen and oxygen atoms in total. The van der Waals surface area contributed by atoms with Gasteiger partial charge in [0.1, 0.15) is 5.75 Å². The Morgan fingerprint density at radius 3 is 2.67 bits per heavy atom. The number of carbonyl (C=O) groups is 1. The number of para-hydroxylation sites is 1. The topological polar surface area (TPSA) is 65.4 Å². The minimum Gasteiger partial charge on any atom is -0.494 e. The SMILES string of the molecule is CCCC(NC(=O)Cc1ccc(CCC#N)c(OCC)c1)c1ccccc1N1CCCCC1. The zero-order valence-electron chi connectivity index (χ0n) is 20.1. The van der Waals surface area contributed by atoms with Crippen LogP contribution in [0.5, 0.6) is 5.75 Å². The van der Waals surface area contributed by atoms with Gasteiger partial charge >= 0.3 is 0 Å². The van der Waals surface area contributed by atoms with Gasteiger partial charge in [-0.05, 0) is 67.9 Å². The highest BCUT2D eigenvalue weighted by Crippen LogP contribution is 2.31. The number of hydrogen-bond acceptors (Lipinski definition) is 4. The molecule has 33 heavy (non-hydrogen) atoms. The monoisotopic (exact) mass is 447 g/mol. The molecular weight excluding hydrogens is 410 g/mol. The number of nitrogens with zero attached hydrogens (tertiary/aromatic N) is 2. The summed E-state index contributed by atoms with van der Waals surface area (Å²) < 4.78 is 5.78. The minimum atomic E-state index is 0.00175. The van der Waals surface area contributed by atoms with Crippen molar-refractivity contribution in [2.45, 2.75) is 71.3 Å². The first-order valence-corrected chi connectivity index (χ1v) is 12.4. The molecular formula is C28H37N3O2. The molecule has 1 atom stereocenters. The number of carbonyl (C=O) groups excluding carboxylic acids is 1. The van der Waals surface area contributed by atoms with Gasteiger partial charge in [0.25, 0.3) is 0 Å². The maximum atomic E-state index is 13.1. The summed E-state index contributed by atoms with van der Waals surface area (Å²) in [6.45, 7) is 6.84. The van der Waals surface area contributed by atoms with Gasteiger partial charge in [-0.1, -0.05) is 43.7 Å². The van der Waals surface area contributed by atoms with Gasteiger partial charge in [0.15, 0.2) is 0 Å². The number of nitriles is 1. The molecule has 1 fully saturated rings. The van der Waals surface area contributed by atoms with Gasteiger partial charge in [-0.2, -0.15) is 5.26 Å². The number of piperidine rings is 1. The third-order valence-corrected chi connectivity index (χ3v) is 6.22. The first kappa shape index (κ1) is 24.6. The van der Waals surface area contributed by atoms with Crippen molar-refractivity contribution in [3.05, 3.63) is 59.2 Å². The predicted molar refractivity (Wildman–Crippen MR) is 134 cm³/mol. The Bertz CT molecular complexity index is 944. The highest BCUT2D eigenvalue weighted by atomic mass is 16.5. The van der Waals surface area contributed by atoms with E-state index in [9.17, 15) is 4.79 Å². The lowest BCUT2D eigenvalue weighted by atomic mass is 9.97. The van der Waals surface area contributed by atoms with Crippen LogP contribution in [0.25, 0.3) is 0 Å². The first-order valence-electron chi connectivity index (χ1n) is 12.4. The molecule has 176 valence electrons. The van der Waals surface area contributed by atoms with E-state index in [0.29, 0.717) is 25.9 Å². The normalized spacial score (nSPS) is 14.4. The fourth-order valence-corrected chi connectivity index (χ4v) is 4.63. The Morgan fingerprint density at radius 2 is 1.94 bits per heavy atom. The molecule has 1 heterocycles. The Labute approximate surface area is 198 Å². The molecule has 0 saturated carbocycles. The van der Waals surface area contributed by atoms with E-state index in [1.54, 1.807) is 0 Å². The summed E-state index contributed by atoms with van der Waals surface area (Å²) in [5.41, 5.74) is 4.42. The fourth-order valence-electron chi connectivity index (χ4n) is 4.63. The van der Waals surface area contributed by atoms with Crippen LogP contribution >= 0.6 is 0 Å². The molecule has 1 saturated heterocycles. The van der Waals surface area contributed by atoms with E-state index in [1.165, 1.54) is 30.5 Å². The standard InChI is InChI=1S/C28H37N3O2/c1-3-11-25(24-13-6-7-14-26(24)31-18-8-5-9-19-31)30-28(32)21-22-15-16-23(12-10-17-29)27(20-22)33-4-2/h6-7,13-16,20,25H,3-5,8-12,18-19,21H2,1-2H3,(H,30,32). The third kappa shape index (κ3) is 6.99. The average Bonchev–Trinajstić information content (AvgIpc) is 2.84. The highest BCUT2D eigenvalue weighted by Gasteiger charge is 2.21. The molecule has 1 aliphatic rings. The predicted octanol–water partition coefficient (Wildman–Crippen LogP) is 5.73. The maximum Gasteiger partial charge on any atom is 0.224 e. The zero-order valence-corrected chi connectivity index (χ0v) is 20.1. The average molecular weight is 448 g/mol. The van der Waals surface area contributed by atoms with Crippen LogP contribution in [0.4, 0.5) is 5.69 Å². The molecule has 1 aliphatic heterocycles. The van der Waals surface area contributed by atoms with Crippen LogP contribution in [0, 0.1) is 11.3 Å². The Kier molecular flexibility index (Phi) is 9.62. The molecule has 0 radical (unpaired) electrons. The van der Waals surface area contributed by atoms with Crippen LogP contribution in [-0.2, 0) is 17.6 Å². The van der Waals surface area contributed by atoms with E-state index in [4.69, 9.17) is 10.00 Å². The van der Waals surface area contributed by atoms with Crippen molar-refractivity contribution in [1.29, 1.82) is 5.26 Å². The van der Waals surface area contributed by atoms with Crippen molar-refractivity contribution in [2.75, 3.05) is 24.6 Å². The number of benzene rings is 2. The van der Waals surface area contributed by atoms with Gasteiger partial charge < -0.3 is 15.0 Å². The molecule has 2 aromatic carbocycles. The number of aryl methyl sites for hydroxylation is 1. The molecule has 0 bridgehead atoms. The minimum absolute atomic E-state index is 0.00175. The first-order chi connectivity index (χ1) is 16.2. The van der Waals surface area contributed by atoms with E-state index in [0.717, 1.165) is 42.8 Å². The van der Waals surface area contributed by atoms with Gasteiger partial charge in [-0.15, -0.1) is 0 Å². The van der Waals surface area contributed by atoms with E-state index in [-0.39, 0.29) is 11.9 Å². The van der Waals surface area contributed by atoms with Crippen LogP contribution in [-0.4, -0.2) is 25.6 Å². The fraction of sp³-hybridized carbons (Fsp3) is 0.500. The Hall–Kier alpha value is -3.00. The quantitative estimate of drug-likeness (QED) is 0.478. The summed E-state index contributed by atoms with van der Waals surface area (Å²) in [5, 5.41) is 12.2. The molecule has 1 N–H and O–H groups in total. The van der Waals surface area contributed by atoms with Crippen LogP contribution in [0.15, 0.2) is 42.5 Å². The van der Waals surface area contributed by atoms with Crippen LogP contribution in [0.1, 0.15) is 75.1 Å². The second kappa shape index (κ2) is 12.9. The second-order valence-corrected chi connectivity index (χ2v) is 8.73. The van der Waals surface area contributed by atoms with Crippen molar-refractivity contribution < 1.29 is 9.53 Å². The smallest absolute Gasteiger partial charge is 0.224 e. The summed E-state index contributed by atoms with van der Waals surface area (Å²) >= 11 is 0. The van der Waals surface area contributed by atoms with E-state index >= 15 is 0 Å². The van der Waals surface area contributed by atoms with Crippen molar-refractivity contribution in [2.24, 2.45) is 0 Å². The molecule has 3 rings (SSSR count). The number of hydrogen-bond donors (Lipinski definition) is 1. The molecule has 0 aliphatic carbocycles. The van der Waals surface area contributed by atoms with Crippen molar-refractivity contribution in [3.8, 4) is 11.8 Å². The van der Waals surface area contributed by atoms with E-state index in [2.05, 4.69) is 47.5 Å². The number of anilines is 1. The van der Waals surface area contributed by atoms with E-state index in [1.807, 2.05) is 25.1 Å². The van der Waals surface area contributed by atoms with Gasteiger partial charge in [0.2, 0.25) is 5.91 Å². The van der Waals surface area contributed by atoms with Crippen LogP contribution in [0.3, 0.4) is 0 Å². The van der Waals surface area contributed by atoms with Gasteiger partial charge in [-0.3, -0.25) is 4.79 Å². The molecule has 5 heteroatoms. The van der Waals surface area contributed by atoms with Gasteiger partial charge in [0, 0.05) is 25.2 Å². The molecule has 2 aromatic rings. The summed E-state index contributed by atoms with van der Waals surface area (Å²) in [7, 11) is 0. The largest absolute Gasteiger partial charge is 0.494 e. The second-order valence-electron chi connectivity index (χ2n) is 8.73. The number of rotatable bonds is 11. The van der Waals surface area contributed by atoms with E-state index < -0.39 is 0 Å². The summed E-state index contributed by atoms with van der Waals surface area (Å²) in [6, 6.07) is 16.6. The highest BCUT2D eigenvalue weighted by molar-refractivity contribution is 5.79. The zero-order chi connectivity index (χ0) is 23.5.